The first kappa shape index (κ1) is 17.6. The Morgan fingerprint density at radius 1 is 1.12 bits per heavy atom. The Morgan fingerprint density at radius 3 is 2.40 bits per heavy atom. The summed E-state index contributed by atoms with van der Waals surface area (Å²) in [5.74, 6) is -0.762. The zero-order chi connectivity index (χ0) is 17.8. The van der Waals surface area contributed by atoms with Crippen LogP contribution in [0.5, 0.6) is 0 Å². The van der Waals surface area contributed by atoms with Gasteiger partial charge in [-0.05, 0) is 35.9 Å². The van der Waals surface area contributed by atoms with Crippen LogP contribution in [-0.4, -0.2) is 41.9 Å². The van der Waals surface area contributed by atoms with Crippen LogP contribution in [-0.2, 0) is 6.54 Å². The Morgan fingerprint density at radius 2 is 1.80 bits per heavy atom. The van der Waals surface area contributed by atoms with Gasteiger partial charge in [0, 0.05) is 37.2 Å². The third-order valence-electron chi connectivity index (χ3n) is 4.31. The minimum absolute atomic E-state index is 0.115. The second-order valence-electron chi connectivity index (χ2n) is 6.00. The predicted octanol–water partition coefficient (Wildman–Crippen LogP) is 3.42. The van der Waals surface area contributed by atoms with E-state index in [1.807, 2.05) is 24.3 Å². The summed E-state index contributed by atoms with van der Waals surface area (Å²) in [4.78, 5) is 16.4. The van der Waals surface area contributed by atoms with Crippen LogP contribution in [0, 0.1) is 17.1 Å². The second-order valence-corrected chi connectivity index (χ2v) is 6.92. The van der Waals surface area contributed by atoms with Crippen LogP contribution >= 0.6 is 15.9 Å². The molecule has 0 aliphatic carbocycles. The van der Waals surface area contributed by atoms with E-state index < -0.39 is 5.82 Å². The maximum Gasteiger partial charge on any atom is 0.256 e. The number of piperazine rings is 1. The summed E-state index contributed by atoms with van der Waals surface area (Å²) in [6, 6.07) is 14.1. The number of hydrogen-bond donors (Lipinski definition) is 0. The molecule has 1 aliphatic rings. The highest BCUT2D eigenvalue weighted by atomic mass is 79.9. The third kappa shape index (κ3) is 4.25. The molecule has 2 aromatic carbocycles. The molecule has 1 aliphatic heterocycles. The van der Waals surface area contributed by atoms with Gasteiger partial charge in [-0.15, -0.1) is 0 Å². The maximum atomic E-state index is 14.0. The van der Waals surface area contributed by atoms with Crippen LogP contribution in [0.15, 0.2) is 46.9 Å². The largest absolute Gasteiger partial charge is 0.336 e. The van der Waals surface area contributed by atoms with Crippen molar-refractivity contribution in [1.82, 2.24) is 9.80 Å². The Kier molecular flexibility index (Phi) is 5.47. The van der Waals surface area contributed by atoms with E-state index in [0.717, 1.165) is 25.2 Å². The predicted molar refractivity (Wildman–Crippen MR) is 96.4 cm³/mol. The van der Waals surface area contributed by atoms with E-state index in [-0.39, 0.29) is 11.5 Å². The van der Waals surface area contributed by atoms with Gasteiger partial charge in [-0.3, -0.25) is 9.69 Å². The van der Waals surface area contributed by atoms with Crippen molar-refractivity contribution in [2.24, 2.45) is 0 Å². The van der Waals surface area contributed by atoms with Gasteiger partial charge in [-0.1, -0.05) is 28.1 Å². The molecule has 2 aromatic rings. The minimum Gasteiger partial charge on any atom is -0.336 e. The summed E-state index contributed by atoms with van der Waals surface area (Å²) < 4.78 is 14.6. The Balaban J connectivity index is 1.57. The molecule has 0 atom stereocenters. The van der Waals surface area contributed by atoms with Crippen molar-refractivity contribution in [2.45, 2.75) is 6.54 Å². The molecule has 1 saturated heterocycles. The van der Waals surface area contributed by atoms with Gasteiger partial charge in [0.2, 0.25) is 0 Å². The van der Waals surface area contributed by atoms with Gasteiger partial charge in [-0.2, -0.15) is 5.26 Å². The van der Waals surface area contributed by atoms with Gasteiger partial charge in [-0.25, -0.2) is 4.39 Å². The van der Waals surface area contributed by atoms with Gasteiger partial charge in [0.1, 0.15) is 5.82 Å². The molecule has 0 radical (unpaired) electrons. The summed E-state index contributed by atoms with van der Waals surface area (Å²) in [6.07, 6.45) is 0. The molecule has 0 aromatic heterocycles. The van der Waals surface area contributed by atoms with Crippen molar-refractivity contribution >= 4 is 21.8 Å². The molecule has 0 bridgehead atoms. The molecule has 0 unspecified atom stereocenters. The van der Waals surface area contributed by atoms with Crippen LogP contribution in [0.4, 0.5) is 4.39 Å². The zero-order valence-electron chi connectivity index (χ0n) is 13.6. The molecule has 3 rings (SSSR count). The summed E-state index contributed by atoms with van der Waals surface area (Å²) in [5.41, 5.74) is 1.90. The van der Waals surface area contributed by atoms with Crippen LogP contribution in [0.25, 0.3) is 0 Å². The Bertz CT molecular complexity index is 808. The lowest BCUT2D eigenvalue weighted by Gasteiger charge is -2.34. The van der Waals surface area contributed by atoms with E-state index in [1.165, 1.54) is 12.1 Å². The fourth-order valence-electron chi connectivity index (χ4n) is 2.89. The van der Waals surface area contributed by atoms with E-state index in [9.17, 15) is 9.18 Å². The number of carbonyl (C=O) groups is 1. The van der Waals surface area contributed by atoms with Gasteiger partial charge in [0.05, 0.1) is 17.2 Å². The molecule has 6 heteroatoms. The Labute approximate surface area is 154 Å². The molecule has 1 amide bonds. The van der Waals surface area contributed by atoms with Gasteiger partial charge in [0.25, 0.3) is 5.91 Å². The average molecular weight is 402 g/mol. The molecule has 128 valence electrons. The Hall–Kier alpha value is -2.23. The number of amides is 1. The summed E-state index contributed by atoms with van der Waals surface area (Å²) in [5, 5.41) is 8.83. The van der Waals surface area contributed by atoms with Gasteiger partial charge >= 0.3 is 0 Å². The highest BCUT2D eigenvalue weighted by molar-refractivity contribution is 9.10. The van der Waals surface area contributed by atoms with Gasteiger partial charge in [0.15, 0.2) is 0 Å². The molecule has 1 fully saturated rings. The van der Waals surface area contributed by atoms with Crippen LogP contribution in [0.3, 0.4) is 0 Å². The summed E-state index contributed by atoms with van der Waals surface area (Å²) in [6.45, 7) is 3.41. The highest BCUT2D eigenvalue weighted by Crippen LogP contribution is 2.18. The van der Waals surface area contributed by atoms with E-state index in [1.54, 1.807) is 11.0 Å². The third-order valence-corrected chi connectivity index (χ3v) is 4.80. The first-order chi connectivity index (χ1) is 12.1. The first-order valence-corrected chi connectivity index (χ1v) is 8.82. The van der Waals surface area contributed by atoms with E-state index in [4.69, 9.17) is 5.26 Å². The first-order valence-electron chi connectivity index (χ1n) is 8.02. The SMILES string of the molecule is N#Cc1ccc(CN2CCN(C(=O)c3ccc(Br)cc3F)CC2)cc1. The van der Waals surface area contributed by atoms with Crippen molar-refractivity contribution in [3.63, 3.8) is 0 Å². The topological polar surface area (TPSA) is 47.3 Å². The van der Waals surface area contributed by atoms with Crippen molar-refractivity contribution < 1.29 is 9.18 Å². The standard InChI is InChI=1S/C19H17BrFN3O/c20-16-5-6-17(18(21)11-16)19(25)24-9-7-23(8-10-24)13-15-3-1-14(12-22)2-4-15/h1-6,11H,7-10,13H2. The molecular weight excluding hydrogens is 385 g/mol. The molecular formula is C19H17BrFN3O. The molecule has 4 nitrogen and oxygen atoms in total. The number of hydrogen-bond acceptors (Lipinski definition) is 3. The molecule has 0 saturated carbocycles. The monoisotopic (exact) mass is 401 g/mol. The van der Waals surface area contributed by atoms with E-state index in [2.05, 4.69) is 26.9 Å². The minimum atomic E-state index is -0.501. The van der Waals surface area contributed by atoms with Crippen molar-refractivity contribution in [1.29, 1.82) is 5.26 Å². The molecule has 1 heterocycles. The van der Waals surface area contributed by atoms with Crippen molar-refractivity contribution in [3.8, 4) is 6.07 Å². The lowest BCUT2D eigenvalue weighted by molar-refractivity contribution is 0.0624. The quantitative estimate of drug-likeness (QED) is 0.791. The number of rotatable bonds is 3. The smallest absolute Gasteiger partial charge is 0.256 e. The molecule has 0 spiro atoms. The van der Waals surface area contributed by atoms with E-state index in [0.29, 0.717) is 23.1 Å². The van der Waals surface area contributed by atoms with Crippen LogP contribution in [0.2, 0.25) is 0 Å². The number of halogens is 2. The summed E-state index contributed by atoms with van der Waals surface area (Å²) >= 11 is 3.20. The number of nitrogens with zero attached hydrogens (tertiary/aromatic N) is 3. The maximum absolute atomic E-state index is 14.0. The number of benzene rings is 2. The number of carbonyl (C=O) groups excluding carboxylic acids is 1. The molecule has 0 N–H and O–H groups in total. The van der Waals surface area contributed by atoms with Crippen LogP contribution in [0.1, 0.15) is 21.5 Å². The average Bonchev–Trinajstić information content (AvgIpc) is 2.62. The highest BCUT2D eigenvalue weighted by Gasteiger charge is 2.24. The van der Waals surface area contributed by atoms with Crippen molar-refractivity contribution in [3.05, 3.63) is 69.4 Å². The molecule has 25 heavy (non-hydrogen) atoms. The second kappa shape index (κ2) is 7.77. The fraction of sp³-hybridized carbons (Fsp3) is 0.263. The summed E-state index contributed by atoms with van der Waals surface area (Å²) in [7, 11) is 0. The van der Waals surface area contributed by atoms with Crippen molar-refractivity contribution in [2.75, 3.05) is 26.2 Å². The zero-order valence-corrected chi connectivity index (χ0v) is 15.2. The number of nitriles is 1. The normalized spacial score (nSPS) is 15.0. The lowest BCUT2D eigenvalue weighted by atomic mass is 10.1. The van der Waals surface area contributed by atoms with Crippen LogP contribution < -0.4 is 0 Å². The lowest BCUT2D eigenvalue weighted by Crippen LogP contribution is -2.48. The fourth-order valence-corrected chi connectivity index (χ4v) is 3.22. The van der Waals surface area contributed by atoms with E-state index >= 15 is 0 Å². The van der Waals surface area contributed by atoms with Gasteiger partial charge < -0.3 is 4.90 Å².